The third kappa shape index (κ3) is 3.00. The smallest absolute Gasteiger partial charge is 0.233 e. The number of hydrogen-bond acceptors (Lipinski definition) is 5. The molecule has 0 spiro atoms. The minimum absolute atomic E-state index is 0.260. The zero-order valence-electron chi connectivity index (χ0n) is 12.9. The number of aromatic nitrogens is 2. The van der Waals surface area contributed by atoms with Gasteiger partial charge < -0.3 is 10.1 Å². The van der Waals surface area contributed by atoms with E-state index in [-0.39, 0.29) is 11.0 Å². The molecule has 3 aliphatic heterocycles. The van der Waals surface area contributed by atoms with Crippen molar-refractivity contribution in [3.63, 3.8) is 0 Å². The summed E-state index contributed by atoms with van der Waals surface area (Å²) in [5.41, 5.74) is 0.542. The van der Waals surface area contributed by atoms with Gasteiger partial charge in [-0.05, 0) is 17.9 Å². The molecule has 1 aromatic heterocycles. The van der Waals surface area contributed by atoms with Crippen molar-refractivity contribution in [1.82, 2.24) is 20.4 Å². The van der Waals surface area contributed by atoms with Crippen LogP contribution in [0.5, 0.6) is 5.88 Å². The minimum Gasteiger partial charge on any atom is -0.475 e. The molecule has 0 aliphatic carbocycles. The molecule has 0 aromatic carbocycles. The molecular formula is C15H23ClN4O. The van der Waals surface area contributed by atoms with Crippen molar-refractivity contribution in [3.05, 3.63) is 17.3 Å². The highest BCUT2D eigenvalue weighted by molar-refractivity contribution is 6.29. The van der Waals surface area contributed by atoms with Gasteiger partial charge in [0.25, 0.3) is 0 Å². The molecule has 21 heavy (non-hydrogen) atoms. The molecule has 4 heterocycles. The second-order valence-electron chi connectivity index (χ2n) is 7.16. The van der Waals surface area contributed by atoms with Crippen LogP contribution in [0.4, 0.5) is 0 Å². The van der Waals surface area contributed by atoms with E-state index in [0.717, 1.165) is 19.6 Å². The first kappa shape index (κ1) is 15.0. The Morgan fingerprint density at radius 1 is 1.43 bits per heavy atom. The van der Waals surface area contributed by atoms with Gasteiger partial charge in [-0.15, -0.1) is 10.2 Å². The lowest BCUT2D eigenvalue weighted by Crippen LogP contribution is -2.79. The van der Waals surface area contributed by atoms with Crippen LogP contribution in [0, 0.1) is 5.41 Å². The first-order chi connectivity index (χ1) is 9.88. The fourth-order valence-corrected chi connectivity index (χ4v) is 3.46. The summed E-state index contributed by atoms with van der Waals surface area (Å²) in [6, 6.07) is 4.08. The fraction of sp³-hybridized carbons (Fsp3) is 0.733. The van der Waals surface area contributed by atoms with Gasteiger partial charge >= 0.3 is 0 Å². The number of nitrogens with one attached hydrogen (secondary N) is 1. The number of ether oxygens (including phenoxy) is 1. The predicted molar refractivity (Wildman–Crippen MR) is 82.7 cm³/mol. The fourth-order valence-electron chi connectivity index (χ4n) is 3.36. The van der Waals surface area contributed by atoms with E-state index < -0.39 is 0 Å². The van der Waals surface area contributed by atoms with Gasteiger partial charge in [-0.1, -0.05) is 32.4 Å². The van der Waals surface area contributed by atoms with Crippen LogP contribution >= 0.6 is 11.6 Å². The Balaban J connectivity index is 1.49. The molecule has 4 rings (SSSR count). The number of piperidine rings is 1. The van der Waals surface area contributed by atoms with Crippen LogP contribution in [0.1, 0.15) is 27.2 Å². The highest BCUT2D eigenvalue weighted by Crippen LogP contribution is 2.44. The molecule has 3 aliphatic rings. The van der Waals surface area contributed by atoms with Gasteiger partial charge in [-0.2, -0.15) is 0 Å². The summed E-state index contributed by atoms with van der Waals surface area (Å²) in [6.07, 6.45) is 1.29. The van der Waals surface area contributed by atoms with E-state index in [4.69, 9.17) is 16.3 Å². The topological polar surface area (TPSA) is 50.3 Å². The molecule has 0 amide bonds. The lowest BCUT2D eigenvalue weighted by molar-refractivity contribution is -0.0669. The second kappa shape index (κ2) is 5.38. The Bertz CT molecular complexity index is 493. The maximum absolute atomic E-state index is 5.70. The molecule has 1 N–H and O–H groups in total. The first-order valence-electron chi connectivity index (χ1n) is 7.50. The van der Waals surface area contributed by atoms with Crippen molar-refractivity contribution < 1.29 is 4.74 Å². The number of fused-ring (bicyclic) bond motifs is 2. The monoisotopic (exact) mass is 310 g/mol. The second-order valence-corrected chi connectivity index (χ2v) is 7.54. The number of nitrogens with zero attached hydrogens (tertiary/aromatic N) is 3. The Hall–Kier alpha value is -0.910. The summed E-state index contributed by atoms with van der Waals surface area (Å²) >= 11 is 5.70. The molecule has 0 saturated carbocycles. The zero-order chi connectivity index (χ0) is 15.1. The van der Waals surface area contributed by atoms with Gasteiger partial charge in [0.1, 0.15) is 6.61 Å². The van der Waals surface area contributed by atoms with Crippen LogP contribution in [0.2, 0.25) is 5.15 Å². The SMILES string of the molecule is CC(C)(C)C12CC(CN(CCOc3ccc(Cl)nn3)C1)N2. The van der Waals surface area contributed by atoms with Gasteiger partial charge in [-0.3, -0.25) is 4.90 Å². The Morgan fingerprint density at radius 3 is 2.81 bits per heavy atom. The summed E-state index contributed by atoms with van der Waals surface area (Å²) < 4.78 is 5.64. The molecule has 2 bridgehead atoms. The molecule has 3 fully saturated rings. The minimum atomic E-state index is 0.260. The van der Waals surface area contributed by atoms with E-state index in [9.17, 15) is 0 Å². The summed E-state index contributed by atoms with van der Waals surface area (Å²) in [7, 11) is 0. The summed E-state index contributed by atoms with van der Waals surface area (Å²) in [6.45, 7) is 10.7. The van der Waals surface area contributed by atoms with Gasteiger partial charge in [0.15, 0.2) is 5.15 Å². The molecule has 2 atom stereocenters. The van der Waals surface area contributed by atoms with E-state index in [1.165, 1.54) is 6.42 Å². The molecule has 2 unspecified atom stereocenters. The van der Waals surface area contributed by atoms with E-state index in [2.05, 4.69) is 41.2 Å². The quantitative estimate of drug-likeness (QED) is 0.921. The molecule has 116 valence electrons. The van der Waals surface area contributed by atoms with Gasteiger partial charge in [-0.25, -0.2) is 0 Å². The summed E-state index contributed by atoms with van der Waals surface area (Å²) in [5, 5.41) is 11.8. The zero-order valence-corrected chi connectivity index (χ0v) is 13.7. The van der Waals surface area contributed by atoms with Crippen LogP contribution in [-0.4, -0.2) is 52.9 Å². The molecule has 3 saturated heterocycles. The van der Waals surface area contributed by atoms with E-state index in [1.54, 1.807) is 12.1 Å². The van der Waals surface area contributed by atoms with Gasteiger partial charge in [0, 0.05) is 37.3 Å². The normalized spacial score (nSPS) is 29.0. The summed E-state index contributed by atoms with van der Waals surface area (Å²) in [4.78, 5) is 2.49. The van der Waals surface area contributed by atoms with Crippen molar-refractivity contribution in [1.29, 1.82) is 0 Å². The van der Waals surface area contributed by atoms with Crippen molar-refractivity contribution >= 4 is 11.6 Å². The third-order valence-corrected chi connectivity index (χ3v) is 4.95. The van der Waals surface area contributed by atoms with Crippen LogP contribution in [0.15, 0.2) is 12.1 Å². The van der Waals surface area contributed by atoms with E-state index in [0.29, 0.717) is 23.7 Å². The van der Waals surface area contributed by atoms with Crippen molar-refractivity contribution in [2.24, 2.45) is 5.41 Å². The van der Waals surface area contributed by atoms with Crippen LogP contribution in [0.3, 0.4) is 0 Å². The standard InChI is InChI=1S/C15H23ClN4O/c1-14(2,3)15-8-11(17-15)9-20(10-15)6-7-21-13-5-4-12(16)18-19-13/h4-5,11,17H,6-10H2,1-3H3. The maximum atomic E-state index is 5.70. The average molecular weight is 311 g/mol. The van der Waals surface area contributed by atoms with Gasteiger partial charge in [0.2, 0.25) is 5.88 Å². The molecule has 0 radical (unpaired) electrons. The largest absolute Gasteiger partial charge is 0.475 e. The molecular weight excluding hydrogens is 288 g/mol. The summed E-state index contributed by atoms with van der Waals surface area (Å²) in [5.74, 6) is 0.533. The number of rotatable bonds is 4. The van der Waals surface area contributed by atoms with Crippen LogP contribution in [0.25, 0.3) is 0 Å². The highest BCUT2D eigenvalue weighted by atomic mass is 35.5. The van der Waals surface area contributed by atoms with Crippen molar-refractivity contribution in [2.75, 3.05) is 26.2 Å². The lowest BCUT2D eigenvalue weighted by atomic mass is 9.62. The van der Waals surface area contributed by atoms with E-state index in [1.807, 2.05) is 0 Å². The average Bonchev–Trinajstić information content (AvgIpc) is 2.39. The maximum Gasteiger partial charge on any atom is 0.233 e. The number of piperazine rings is 1. The highest BCUT2D eigenvalue weighted by Gasteiger charge is 2.55. The molecule has 6 heteroatoms. The Kier molecular flexibility index (Phi) is 3.84. The van der Waals surface area contributed by atoms with Crippen molar-refractivity contribution in [2.45, 2.75) is 38.8 Å². The first-order valence-corrected chi connectivity index (χ1v) is 7.88. The number of hydrogen-bond donors (Lipinski definition) is 1. The van der Waals surface area contributed by atoms with Gasteiger partial charge in [0.05, 0.1) is 0 Å². The third-order valence-electron chi connectivity index (χ3n) is 4.75. The van der Waals surface area contributed by atoms with Crippen molar-refractivity contribution in [3.8, 4) is 5.88 Å². The predicted octanol–water partition coefficient (Wildman–Crippen LogP) is 1.97. The van der Waals surface area contributed by atoms with Crippen LogP contribution < -0.4 is 10.1 Å². The van der Waals surface area contributed by atoms with Crippen LogP contribution in [-0.2, 0) is 0 Å². The Morgan fingerprint density at radius 2 is 2.19 bits per heavy atom. The lowest BCUT2D eigenvalue weighted by Gasteiger charge is -2.63. The van der Waals surface area contributed by atoms with E-state index >= 15 is 0 Å². The number of halogens is 1. The molecule has 5 nitrogen and oxygen atoms in total. The molecule has 1 aromatic rings. The Labute approximate surface area is 131 Å².